The minimum Gasteiger partial charge on any atom is -0.508 e. The second kappa shape index (κ2) is 7.60. The molecule has 0 aliphatic carbocycles. The van der Waals surface area contributed by atoms with E-state index in [9.17, 15) is 9.90 Å². The molecule has 3 aromatic rings. The Hall–Kier alpha value is -2.31. The first-order valence-corrected chi connectivity index (χ1v) is 11.2. The van der Waals surface area contributed by atoms with Crippen molar-refractivity contribution >= 4 is 34.1 Å². The van der Waals surface area contributed by atoms with Crippen LogP contribution in [0, 0.1) is 6.92 Å². The lowest BCUT2D eigenvalue weighted by atomic mass is 9.95. The largest absolute Gasteiger partial charge is 0.508 e. The van der Waals surface area contributed by atoms with Gasteiger partial charge in [-0.2, -0.15) is 0 Å². The number of amides is 1. The van der Waals surface area contributed by atoms with Gasteiger partial charge in [-0.05, 0) is 41.7 Å². The minimum atomic E-state index is -0.0418. The van der Waals surface area contributed by atoms with E-state index in [1.54, 1.807) is 17.8 Å². The number of anilines is 1. The zero-order valence-electron chi connectivity index (χ0n) is 16.0. The van der Waals surface area contributed by atoms with Crippen LogP contribution in [0.15, 0.2) is 47.8 Å². The van der Waals surface area contributed by atoms with E-state index in [2.05, 4.69) is 26.0 Å². The van der Waals surface area contributed by atoms with Crippen molar-refractivity contribution in [1.82, 2.24) is 4.98 Å². The molecule has 0 radical (unpaired) electrons. The number of thiazole rings is 1. The smallest absolute Gasteiger partial charge is 0.240 e. The van der Waals surface area contributed by atoms with Crippen molar-refractivity contribution in [3.63, 3.8) is 0 Å². The summed E-state index contributed by atoms with van der Waals surface area (Å²) in [4.78, 5) is 19.2. The number of aromatic nitrogens is 1. The topological polar surface area (TPSA) is 53.4 Å². The predicted octanol–water partition coefficient (Wildman–Crippen LogP) is 5.73. The highest BCUT2D eigenvalue weighted by molar-refractivity contribution is 8.00. The second-order valence-electron chi connectivity index (χ2n) is 7.23. The van der Waals surface area contributed by atoms with Crippen molar-refractivity contribution in [2.24, 2.45) is 0 Å². The molecule has 0 bridgehead atoms. The third kappa shape index (κ3) is 3.42. The van der Waals surface area contributed by atoms with Crippen LogP contribution in [0.2, 0.25) is 0 Å². The monoisotopic (exact) mass is 410 g/mol. The normalized spacial score (nSPS) is 16.9. The molecule has 1 fully saturated rings. The summed E-state index contributed by atoms with van der Waals surface area (Å²) >= 11 is 3.12. The van der Waals surface area contributed by atoms with Crippen LogP contribution >= 0.6 is 23.1 Å². The van der Waals surface area contributed by atoms with Crippen molar-refractivity contribution in [3.8, 4) is 17.0 Å². The van der Waals surface area contributed by atoms with Gasteiger partial charge in [0.15, 0.2) is 5.13 Å². The maximum absolute atomic E-state index is 12.6. The van der Waals surface area contributed by atoms with Gasteiger partial charge in [0, 0.05) is 10.9 Å². The molecule has 1 N–H and O–H groups in total. The zero-order valence-corrected chi connectivity index (χ0v) is 17.7. The quantitative estimate of drug-likeness (QED) is 0.597. The first-order valence-electron chi connectivity index (χ1n) is 9.23. The highest BCUT2D eigenvalue weighted by Crippen LogP contribution is 2.44. The number of nitrogens with zero attached hydrogens (tertiary/aromatic N) is 2. The Morgan fingerprint density at radius 3 is 2.68 bits per heavy atom. The van der Waals surface area contributed by atoms with Crippen molar-refractivity contribution in [2.45, 2.75) is 32.1 Å². The molecule has 1 atom stereocenters. The summed E-state index contributed by atoms with van der Waals surface area (Å²) in [6.45, 7) is 6.10. The summed E-state index contributed by atoms with van der Waals surface area (Å²) in [5.74, 6) is 1.09. The van der Waals surface area contributed by atoms with Crippen LogP contribution < -0.4 is 4.90 Å². The van der Waals surface area contributed by atoms with Gasteiger partial charge < -0.3 is 5.11 Å². The number of phenols is 1. The Balaban J connectivity index is 1.71. The van der Waals surface area contributed by atoms with Crippen molar-refractivity contribution in [1.29, 1.82) is 0 Å². The first-order chi connectivity index (χ1) is 13.5. The maximum Gasteiger partial charge on any atom is 0.240 e. The van der Waals surface area contributed by atoms with Crippen LogP contribution in [-0.2, 0) is 4.79 Å². The molecule has 1 aromatic heterocycles. The lowest BCUT2D eigenvalue weighted by Gasteiger charge is -2.21. The van der Waals surface area contributed by atoms with E-state index < -0.39 is 0 Å². The molecule has 1 amide bonds. The molecule has 4 nitrogen and oxygen atoms in total. The molecule has 0 spiro atoms. The van der Waals surface area contributed by atoms with Gasteiger partial charge in [-0.1, -0.05) is 44.2 Å². The lowest BCUT2D eigenvalue weighted by molar-refractivity contribution is -0.115. The highest BCUT2D eigenvalue weighted by Gasteiger charge is 2.35. The third-order valence-electron chi connectivity index (χ3n) is 4.92. The standard InChI is InChI=1S/C22H22N2O2S2/c1-13(2)16-10-17(14(3)9-19(16)25)18-11-28-22(23-18)24-20(26)12-27-21(24)15-7-5-4-6-8-15/h4-11,13,21,25H,12H2,1-3H3. The average molecular weight is 411 g/mol. The summed E-state index contributed by atoms with van der Waals surface area (Å²) in [5, 5.41) is 12.9. The van der Waals surface area contributed by atoms with Gasteiger partial charge in [0.05, 0.1) is 11.4 Å². The van der Waals surface area contributed by atoms with E-state index in [-0.39, 0.29) is 17.2 Å². The second-order valence-corrected chi connectivity index (χ2v) is 9.14. The Morgan fingerprint density at radius 1 is 1.21 bits per heavy atom. The summed E-state index contributed by atoms with van der Waals surface area (Å²) in [7, 11) is 0. The number of hydrogen-bond acceptors (Lipinski definition) is 5. The summed E-state index contributed by atoms with van der Waals surface area (Å²) < 4.78 is 0. The summed E-state index contributed by atoms with van der Waals surface area (Å²) in [6, 6.07) is 13.9. The van der Waals surface area contributed by atoms with Gasteiger partial charge in [0.1, 0.15) is 11.1 Å². The van der Waals surface area contributed by atoms with Gasteiger partial charge in [0.2, 0.25) is 5.91 Å². The highest BCUT2D eigenvalue weighted by atomic mass is 32.2. The molecule has 0 saturated carbocycles. The molecule has 1 aliphatic heterocycles. The van der Waals surface area contributed by atoms with Gasteiger partial charge in [-0.3, -0.25) is 9.69 Å². The van der Waals surface area contributed by atoms with Crippen LogP contribution in [0.3, 0.4) is 0 Å². The Bertz CT molecular complexity index is 1010. The minimum absolute atomic E-state index is 0.0418. The van der Waals surface area contributed by atoms with E-state index in [4.69, 9.17) is 4.98 Å². The van der Waals surface area contributed by atoms with Crippen LogP contribution in [0.1, 0.15) is 41.8 Å². The van der Waals surface area contributed by atoms with E-state index in [0.717, 1.165) is 33.1 Å². The molecule has 2 aromatic carbocycles. The van der Waals surface area contributed by atoms with Crippen LogP contribution in [0.4, 0.5) is 5.13 Å². The fourth-order valence-electron chi connectivity index (χ4n) is 3.44. The molecule has 4 rings (SSSR count). The van der Waals surface area contributed by atoms with Crippen LogP contribution in [0.25, 0.3) is 11.3 Å². The van der Waals surface area contributed by atoms with Crippen LogP contribution in [0.5, 0.6) is 5.75 Å². The number of benzene rings is 2. The Kier molecular flexibility index (Phi) is 5.17. The maximum atomic E-state index is 12.6. The fourth-order valence-corrected chi connectivity index (χ4v) is 5.53. The number of aryl methyl sites for hydroxylation is 1. The molecule has 2 heterocycles. The SMILES string of the molecule is Cc1cc(O)c(C(C)C)cc1-c1csc(N2C(=O)CSC2c2ccccc2)n1. The zero-order chi connectivity index (χ0) is 19.8. The van der Waals surface area contributed by atoms with Crippen LogP contribution in [-0.4, -0.2) is 21.8 Å². The molecule has 1 aliphatic rings. The summed E-state index contributed by atoms with van der Waals surface area (Å²) in [6.07, 6.45) is 0. The number of aromatic hydroxyl groups is 1. The average Bonchev–Trinajstić information content (AvgIpc) is 3.28. The predicted molar refractivity (Wildman–Crippen MR) is 117 cm³/mol. The van der Waals surface area contributed by atoms with E-state index in [1.807, 2.05) is 41.5 Å². The molecule has 1 saturated heterocycles. The molecular formula is C22H22N2O2S2. The van der Waals surface area contributed by atoms with Gasteiger partial charge in [-0.25, -0.2) is 4.98 Å². The van der Waals surface area contributed by atoms with E-state index >= 15 is 0 Å². The molecule has 1 unspecified atom stereocenters. The molecule has 144 valence electrons. The van der Waals surface area contributed by atoms with Crippen molar-refractivity contribution < 1.29 is 9.90 Å². The van der Waals surface area contributed by atoms with Gasteiger partial charge >= 0.3 is 0 Å². The van der Waals surface area contributed by atoms with Gasteiger partial charge in [-0.15, -0.1) is 23.1 Å². The van der Waals surface area contributed by atoms with E-state index in [0.29, 0.717) is 11.5 Å². The number of hydrogen-bond donors (Lipinski definition) is 1. The lowest BCUT2D eigenvalue weighted by Crippen LogP contribution is -2.27. The number of carbonyl (C=O) groups is 1. The Labute approximate surface area is 173 Å². The third-order valence-corrected chi connectivity index (χ3v) is 6.97. The first kappa shape index (κ1) is 19.0. The summed E-state index contributed by atoms with van der Waals surface area (Å²) in [5.41, 5.74) is 4.83. The molecular weight excluding hydrogens is 388 g/mol. The van der Waals surface area contributed by atoms with Gasteiger partial charge in [0.25, 0.3) is 0 Å². The Morgan fingerprint density at radius 2 is 1.96 bits per heavy atom. The molecule has 28 heavy (non-hydrogen) atoms. The molecule has 6 heteroatoms. The number of phenolic OH excluding ortho intramolecular Hbond substituents is 1. The van der Waals surface area contributed by atoms with Crippen molar-refractivity contribution in [2.75, 3.05) is 10.7 Å². The number of carbonyl (C=O) groups excluding carboxylic acids is 1. The number of thioether (sulfide) groups is 1. The van der Waals surface area contributed by atoms with E-state index in [1.165, 1.54) is 11.3 Å². The van der Waals surface area contributed by atoms with Crippen molar-refractivity contribution in [3.05, 3.63) is 64.5 Å². The number of rotatable bonds is 4. The fraction of sp³-hybridized carbons (Fsp3) is 0.273.